The molecule has 0 saturated heterocycles. The lowest BCUT2D eigenvalue weighted by Gasteiger charge is -2.39. The molecule has 0 saturated carbocycles. The molecule has 0 atom stereocenters. The van der Waals surface area contributed by atoms with Crippen LogP contribution >= 0.6 is 0 Å². The van der Waals surface area contributed by atoms with Crippen molar-refractivity contribution < 1.29 is 12.7 Å². The maximum absolute atomic E-state index is 6.42. The van der Waals surface area contributed by atoms with Crippen LogP contribution in [0, 0.1) is 0 Å². The van der Waals surface area contributed by atoms with Crippen molar-refractivity contribution in [3.63, 3.8) is 0 Å². The lowest BCUT2D eigenvalue weighted by molar-refractivity contribution is 0.311. The molecular weight excluding hydrogens is 292 g/mol. The van der Waals surface area contributed by atoms with Gasteiger partial charge in [-0.3, -0.25) is 0 Å². The van der Waals surface area contributed by atoms with Crippen molar-refractivity contribution in [3.05, 3.63) is 0 Å². The first kappa shape index (κ1) is 18.7. The highest BCUT2D eigenvalue weighted by atomic mass is 28.5. The molecule has 0 bridgehead atoms. The van der Waals surface area contributed by atoms with Crippen LogP contribution in [0.4, 0.5) is 0 Å². The summed E-state index contributed by atoms with van der Waals surface area (Å²) in [7, 11) is -4.94. The summed E-state index contributed by atoms with van der Waals surface area (Å²) >= 11 is 0. The predicted octanol–water partition coefficient (Wildman–Crippen LogP) is 4.15. The van der Waals surface area contributed by atoms with E-state index in [1.54, 1.807) is 7.11 Å². The number of hydrogen-bond donors (Lipinski definition) is 0. The lowest BCUT2D eigenvalue weighted by Crippen LogP contribution is -2.53. The Kier molecular flexibility index (Phi) is 6.27. The topological polar surface area (TPSA) is 27.7 Å². The van der Waals surface area contributed by atoms with Crippen LogP contribution in [-0.2, 0) is 12.7 Å². The third-order valence-corrected chi connectivity index (χ3v) is 19.1. The van der Waals surface area contributed by atoms with Crippen molar-refractivity contribution in [1.29, 1.82) is 0 Å². The van der Waals surface area contributed by atoms with Gasteiger partial charge < -0.3 is 12.7 Å². The summed E-state index contributed by atoms with van der Waals surface area (Å²) in [6.45, 7) is 20.3. The molecule has 0 aliphatic carbocycles. The van der Waals surface area contributed by atoms with Crippen LogP contribution in [0.5, 0.6) is 0 Å². The Balaban J connectivity index is 4.66. The minimum absolute atomic E-state index is 1.14. The van der Waals surface area contributed by atoms with Crippen LogP contribution in [0.3, 0.4) is 0 Å². The van der Waals surface area contributed by atoms with Crippen molar-refractivity contribution in [2.24, 2.45) is 0 Å². The Hall–Kier alpha value is 0.748. The molecule has 0 rings (SSSR count). The third kappa shape index (κ3) is 8.78. The molecule has 7 heteroatoms. The van der Waals surface area contributed by atoms with Gasteiger partial charge in [0.25, 0.3) is 0 Å². The molecule has 0 radical (unpaired) electrons. The molecule has 0 heterocycles. The fourth-order valence-electron chi connectivity index (χ4n) is 2.63. The van der Waals surface area contributed by atoms with Gasteiger partial charge in [0.05, 0.1) is 0 Å². The van der Waals surface area contributed by atoms with Gasteiger partial charge in [-0.25, -0.2) is 0 Å². The van der Waals surface area contributed by atoms with E-state index in [0.717, 1.165) is 5.67 Å². The van der Waals surface area contributed by atoms with Crippen LogP contribution in [0.15, 0.2) is 0 Å². The molecule has 18 heavy (non-hydrogen) atoms. The first-order valence-corrected chi connectivity index (χ1v) is 19.1. The zero-order chi connectivity index (χ0) is 14.8. The minimum Gasteiger partial charge on any atom is -0.456 e. The van der Waals surface area contributed by atoms with E-state index in [1.807, 2.05) is 0 Å². The molecule has 3 nitrogen and oxygen atoms in total. The molecule has 0 N–H and O–H groups in total. The van der Waals surface area contributed by atoms with Crippen molar-refractivity contribution in [3.8, 4) is 0 Å². The average Bonchev–Trinajstić information content (AvgIpc) is 1.93. The predicted molar refractivity (Wildman–Crippen MR) is 89.8 cm³/mol. The quantitative estimate of drug-likeness (QED) is 0.658. The molecular formula is C11H32O3Si4. The van der Waals surface area contributed by atoms with Gasteiger partial charge in [-0.05, 0) is 64.6 Å². The van der Waals surface area contributed by atoms with Gasteiger partial charge in [0.15, 0.2) is 25.0 Å². The molecule has 0 spiro atoms. The summed E-state index contributed by atoms with van der Waals surface area (Å²) in [6, 6.07) is 0. The first-order chi connectivity index (χ1) is 7.68. The van der Waals surface area contributed by atoms with E-state index < -0.39 is 33.5 Å². The smallest absolute Gasteiger partial charge is 0.321 e. The van der Waals surface area contributed by atoms with Crippen molar-refractivity contribution in [2.45, 2.75) is 64.6 Å². The van der Waals surface area contributed by atoms with Crippen LogP contribution in [0.25, 0.3) is 0 Å². The van der Waals surface area contributed by atoms with E-state index in [9.17, 15) is 0 Å². The van der Waals surface area contributed by atoms with Gasteiger partial charge in [-0.2, -0.15) is 0 Å². The van der Waals surface area contributed by atoms with Gasteiger partial charge in [0, 0.05) is 7.11 Å². The van der Waals surface area contributed by atoms with E-state index in [0.29, 0.717) is 0 Å². The maximum atomic E-state index is 6.42. The molecule has 0 aromatic carbocycles. The van der Waals surface area contributed by atoms with Gasteiger partial charge in [-0.1, -0.05) is 0 Å². The monoisotopic (exact) mass is 324 g/mol. The van der Waals surface area contributed by atoms with Crippen molar-refractivity contribution in [2.75, 3.05) is 7.11 Å². The third-order valence-electron chi connectivity index (χ3n) is 2.45. The van der Waals surface area contributed by atoms with Crippen LogP contribution in [0.2, 0.25) is 64.6 Å². The molecule has 0 aliphatic heterocycles. The van der Waals surface area contributed by atoms with Crippen LogP contribution in [0.1, 0.15) is 0 Å². The number of rotatable bonds is 7. The van der Waals surface area contributed by atoms with E-state index in [4.69, 9.17) is 12.7 Å². The number of hydrogen-bond acceptors (Lipinski definition) is 3. The summed E-state index contributed by atoms with van der Waals surface area (Å²) < 4.78 is 18.3. The highest BCUT2D eigenvalue weighted by Gasteiger charge is 2.41. The zero-order valence-electron chi connectivity index (χ0n) is 13.9. The minimum atomic E-state index is -1.93. The summed E-state index contributed by atoms with van der Waals surface area (Å²) in [5.74, 6) is 0. The second kappa shape index (κ2) is 6.02. The van der Waals surface area contributed by atoms with Gasteiger partial charge >= 0.3 is 8.56 Å². The fraction of sp³-hybridized carbons (Fsp3) is 1.00. The Morgan fingerprint density at radius 2 is 1.06 bits per heavy atom. The molecule has 0 amide bonds. The molecule has 0 unspecified atom stereocenters. The standard InChI is InChI=1S/C11H32O3Si4/c1-12-18(9,10)14-17(7,8)11-16(5,6)13-15(2,3)4/h11H2,1-10H3. The highest BCUT2D eigenvalue weighted by Crippen LogP contribution is 2.27. The summed E-state index contributed by atoms with van der Waals surface area (Å²) in [5, 5.41) is 0. The lowest BCUT2D eigenvalue weighted by atomic mass is 11.8. The van der Waals surface area contributed by atoms with E-state index >= 15 is 0 Å². The van der Waals surface area contributed by atoms with E-state index in [-0.39, 0.29) is 0 Å². The van der Waals surface area contributed by atoms with Crippen LogP contribution in [-0.4, -0.2) is 40.6 Å². The Morgan fingerprint density at radius 1 is 0.667 bits per heavy atom. The normalized spacial score (nSPS) is 15.0. The summed E-state index contributed by atoms with van der Waals surface area (Å²) in [6.07, 6.45) is 0. The second-order valence-electron chi connectivity index (χ2n) is 7.62. The SMILES string of the molecule is CO[Si](C)(C)O[Si](C)(C)C[Si](C)(C)O[Si](C)(C)C. The average molecular weight is 325 g/mol. The zero-order valence-corrected chi connectivity index (χ0v) is 17.9. The fourth-order valence-corrected chi connectivity index (χ4v) is 25.0. The summed E-state index contributed by atoms with van der Waals surface area (Å²) in [5.41, 5.74) is 1.14. The second-order valence-corrected chi connectivity index (χ2v) is 25.1. The Bertz CT molecular complexity index is 272. The molecule has 0 aromatic rings. The Morgan fingerprint density at radius 3 is 1.39 bits per heavy atom. The first-order valence-electron chi connectivity index (χ1n) is 6.64. The van der Waals surface area contributed by atoms with Gasteiger partial charge in [0.2, 0.25) is 0 Å². The van der Waals surface area contributed by atoms with Gasteiger partial charge in [0.1, 0.15) is 0 Å². The Labute approximate surface area is 118 Å². The maximum Gasteiger partial charge on any atom is 0.321 e. The molecule has 0 aromatic heterocycles. The largest absolute Gasteiger partial charge is 0.456 e. The molecule has 0 aliphatic rings. The van der Waals surface area contributed by atoms with Crippen molar-refractivity contribution in [1.82, 2.24) is 0 Å². The van der Waals surface area contributed by atoms with E-state index in [1.165, 1.54) is 0 Å². The van der Waals surface area contributed by atoms with Gasteiger partial charge in [-0.15, -0.1) is 0 Å². The molecule has 0 fully saturated rings. The van der Waals surface area contributed by atoms with Crippen molar-refractivity contribution >= 4 is 33.5 Å². The summed E-state index contributed by atoms with van der Waals surface area (Å²) in [4.78, 5) is 0. The van der Waals surface area contributed by atoms with Crippen LogP contribution < -0.4 is 0 Å². The van der Waals surface area contributed by atoms with E-state index in [2.05, 4.69) is 58.9 Å². The highest BCUT2D eigenvalue weighted by molar-refractivity contribution is 6.96. The molecule has 110 valence electrons.